The first-order chi connectivity index (χ1) is 8.60. The summed E-state index contributed by atoms with van der Waals surface area (Å²) in [7, 11) is -3.21. The molecule has 0 aromatic heterocycles. The van der Waals surface area contributed by atoms with E-state index >= 15 is 0 Å². The second-order valence-corrected chi connectivity index (χ2v) is 7.12. The van der Waals surface area contributed by atoms with Gasteiger partial charge in [0.1, 0.15) is 0 Å². The molecular weight excluding hydrogens is 316 g/mol. The number of nitrogens with two attached hydrogens (primary N) is 1. The Morgan fingerprint density at radius 3 is 2.50 bits per heavy atom. The second-order valence-electron chi connectivity index (χ2n) is 4.04. The summed E-state index contributed by atoms with van der Waals surface area (Å²) in [6, 6.07) is 9.18. The molecule has 102 valence electrons. The maximum Gasteiger partial charge on any atom is 0.159 e. The summed E-state index contributed by atoms with van der Waals surface area (Å²) in [6.45, 7) is 1.28. The third kappa shape index (κ3) is 5.06. The summed E-state index contributed by atoms with van der Waals surface area (Å²) in [6.07, 6.45) is 0. The van der Waals surface area contributed by atoms with Crippen LogP contribution in [0.2, 0.25) is 0 Å². The van der Waals surface area contributed by atoms with E-state index in [4.69, 9.17) is 5.73 Å². The van der Waals surface area contributed by atoms with Crippen LogP contribution < -0.4 is 11.1 Å². The zero-order chi connectivity index (χ0) is 13.4. The molecule has 0 bridgehead atoms. The van der Waals surface area contributed by atoms with Crippen molar-refractivity contribution in [3.63, 3.8) is 0 Å². The largest absolute Gasteiger partial charge is 0.329 e. The van der Waals surface area contributed by atoms with Crippen molar-refractivity contribution in [2.24, 2.45) is 5.73 Å². The number of nitrogens with one attached hydrogen (secondary N) is 1. The van der Waals surface area contributed by atoms with Gasteiger partial charge in [0.2, 0.25) is 0 Å². The molecule has 3 N–H and O–H groups in total. The summed E-state index contributed by atoms with van der Waals surface area (Å²) in [5.74, 6) is 0.0473. The number of halogens is 1. The highest BCUT2D eigenvalue weighted by Crippen LogP contribution is 2.10. The van der Waals surface area contributed by atoms with Gasteiger partial charge in [0.05, 0.1) is 11.0 Å². The van der Waals surface area contributed by atoms with Crippen molar-refractivity contribution in [2.45, 2.75) is 11.0 Å². The van der Waals surface area contributed by atoms with Gasteiger partial charge in [-0.15, -0.1) is 0 Å². The minimum Gasteiger partial charge on any atom is -0.329 e. The van der Waals surface area contributed by atoms with Crippen molar-refractivity contribution in [3.05, 3.63) is 35.9 Å². The molecule has 0 spiro atoms. The average molecular weight is 335 g/mol. The van der Waals surface area contributed by atoms with E-state index < -0.39 is 15.1 Å². The van der Waals surface area contributed by atoms with E-state index in [1.54, 1.807) is 0 Å². The lowest BCUT2D eigenvalue weighted by Crippen LogP contribution is -2.40. The van der Waals surface area contributed by atoms with Crippen LogP contribution in [-0.2, 0) is 15.6 Å². The second kappa shape index (κ2) is 7.89. The quantitative estimate of drug-likeness (QED) is 0.547. The van der Waals surface area contributed by atoms with Gasteiger partial charge in [-0.3, -0.25) is 0 Å². The number of hydrogen-bond acceptors (Lipinski definition) is 4. The molecule has 18 heavy (non-hydrogen) atoms. The molecule has 1 aromatic carbocycles. The van der Waals surface area contributed by atoms with Crippen molar-refractivity contribution in [1.29, 1.82) is 0 Å². The van der Waals surface area contributed by atoms with Crippen LogP contribution in [0, 0.1) is 0 Å². The van der Waals surface area contributed by atoms with Gasteiger partial charge in [-0.05, 0) is 5.56 Å². The van der Waals surface area contributed by atoms with E-state index in [0.717, 1.165) is 17.4 Å². The van der Waals surface area contributed by atoms with Gasteiger partial charge in [-0.1, -0.05) is 46.3 Å². The third-order valence-corrected chi connectivity index (χ3v) is 5.13. The minimum atomic E-state index is -3.21. The van der Waals surface area contributed by atoms with Gasteiger partial charge in [-0.2, -0.15) is 0 Å². The van der Waals surface area contributed by atoms with Gasteiger partial charge in [0.25, 0.3) is 0 Å². The Labute approximate surface area is 117 Å². The molecule has 0 amide bonds. The number of hydrogen-bond donors (Lipinski definition) is 2. The molecule has 1 unspecified atom stereocenters. The Morgan fingerprint density at radius 2 is 1.94 bits per heavy atom. The van der Waals surface area contributed by atoms with Crippen LogP contribution in [0.1, 0.15) is 5.56 Å². The standard InChI is InChI=1S/C12H19BrN2O2S/c13-6-7-15-9-12(8-14)18(16,17)10-11-4-2-1-3-5-11/h1-5,12,15H,6-10,14H2. The summed E-state index contributed by atoms with van der Waals surface area (Å²) in [5, 5.41) is 3.34. The summed E-state index contributed by atoms with van der Waals surface area (Å²) < 4.78 is 24.4. The van der Waals surface area contributed by atoms with E-state index in [1.807, 2.05) is 30.3 Å². The predicted molar refractivity (Wildman–Crippen MR) is 78.6 cm³/mol. The fourth-order valence-electron chi connectivity index (χ4n) is 1.61. The molecule has 0 radical (unpaired) electrons. The van der Waals surface area contributed by atoms with E-state index in [0.29, 0.717) is 6.54 Å². The Balaban J connectivity index is 2.65. The monoisotopic (exact) mass is 334 g/mol. The van der Waals surface area contributed by atoms with Gasteiger partial charge < -0.3 is 11.1 Å². The van der Waals surface area contributed by atoms with Crippen LogP contribution in [0.4, 0.5) is 0 Å². The zero-order valence-electron chi connectivity index (χ0n) is 10.2. The smallest absolute Gasteiger partial charge is 0.159 e. The Kier molecular flexibility index (Phi) is 6.85. The summed E-state index contributed by atoms with van der Waals surface area (Å²) in [5.41, 5.74) is 6.37. The van der Waals surface area contributed by atoms with Crippen molar-refractivity contribution in [1.82, 2.24) is 5.32 Å². The third-order valence-electron chi connectivity index (χ3n) is 2.62. The lowest BCUT2D eigenvalue weighted by atomic mass is 10.2. The molecule has 0 saturated heterocycles. The fraction of sp³-hybridized carbons (Fsp3) is 0.500. The molecule has 4 nitrogen and oxygen atoms in total. The molecule has 0 fully saturated rings. The molecule has 0 heterocycles. The van der Waals surface area contributed by atoms with Crippen LogP contribution in [0.15, 0.2) is 30.3 Å². The molecule has 1 rings (SSSR count). The van der Waals surface area contributed by atoms with Crippen LogP contribution in [0.3, 0.4) is 0 Å². The van der Waals surface area contributed by atoms with Crippen LogP contribution in [0.5, 0.6) is 0 Å². The van der Waals surface area contributed by atoms with E-state index in [-0.39, 0.29) is 12.3 Å². The summed E-state index contributed by atoms with van der Waals surface area (Å²) in [4.78, 5) is 0. The SMILES string of the molecule is NCC(CNCCBr)S(=O)(=O)Cc1ccccc1. The maximum atomic E-state index is 12.2. The molecule has 6 heteroatoms. The number of sulfone groups is 1. The first kappa shape index (κ1) is 15.6. The zero-order valence-corrected chi connectivity index (χ0v) is 12.6. The van der Waals surface area contributed by atoms with Gasteiger partial charge in [-0.25, -0.2) is 8.42 Å². The maximum absolute atomic E-state index is 12.2. The Bertz CT molecular complexity index is 437. The Hall–Kier alpha value is -0.430. The molecule has 0 aliphatic rings. The van der Waals surface area contributed by atoms with Crippen molar-refractivity contribution in [3.8, 4) is 0 Å². The van der Waals surface area contributed by atoms with E-state index in [9.17, 15) is 8.42 Å². The molecular formula is C12H19BrN2O2S. The number of alkyl halides is 1. The van der Waals surface area contributed by atoms with Gasteiger partial charge in [0.15, 0.2) is 9.84 Å². The van der Waals surface area contributed by atoms with Crippen LogP contribution in [-0.4, -0.2) is 38.6 Å². The first-order valence-electron chi connectivity index (χ1n) is 5.82. The molecule has 1 atom stereocenters. The average Bonchev–Trinajstić information content (AvgIpc) is 2.35. The minimum absolute atomic E-state index is 0.0473. The fourth-order valence-corrected chi connectivity index (χ4v) is 3.45. The number of rotatable bonds is 8. The lowest BCUT2D eigenvalue weighted by Gasteiger charge is -2.16. The van der Waals surface area contributed by atoms with Gasteiger partial charge in [0, 0.05) is 25.0 Å². The predicted octanol–water partition coefficient (Wildman–Crippen LogP) is 0.913. The lowest BCUT2D eigenvalue weighted by molar-refractivity contribution is 0.567. The van der Waals surface area contributed by atoms with Crippen LogP contribution in [0.25, 0.3) is 0 Å². The van der Waals surface area contributed by atoms with Crippen molar-refractivity contribution in [2.75, 3.05) is 25.0 Å². The normalized spacial score (nSPS) is 13.4. The molecule has 0 aliphatic heterocycles. The van der Waals surface area contributed by atoms with Crippen LogP contribution >= 0.6 is 15.9 Å². The van der Waals surface area contributed by atoms with E-state index in [2.05, 4.69) is 21.2 Å². The molecule has 0 saturated carbocycles. The highest BCUT2D eigenvalue weighted by atomic mass is 79.9. The van der Waals surface area contributed by atoms with Crippen molar-refractivity contribution >= 4 is 25.8 Å². The highest BCUT2D eigenvalue weighted by Gasteiger charge is 2.23. The number of benzene rings is 1. The Morgan fingerprint density at radius 1 is 1.28 bits per heavy atom. The van der Waals surface area contributed by atoms with E-state index in [1.165, 1.54) is 0 Å². The van der Waals surface area contributed by atoms with Crippen molar-refractivity contribution < 1.29 is 8.42 Å². The van der Waals surface area contributed by atoms with Gasteiger partial charge >= 0.3 is 0 Å². The molecule has 0 aliphatic carbocycles. The highest BCUT2D eigenvalue weighted by molar-refractivity contribution is 9.09. The molecule has 1 aromatic rings. The topological polar surface area (TPSA) is 72.2 Å². The summed E-state index contributed by atoms with van der Waals surface area (Å²) >= 11 is 3.28. The first-order valence-corrected chi connectivity index (χ1v) is 8.66.